The van der Waals surface area contributed by atoms with Crippen LogP contribution < -0.4 is 5.32 Å². The van der Waals surface area contributed by atoms with Gasteiger partial charge in [0.05, 0.1) is 0 Å². The van der Waals surface area contributed by atoms with Crippen molar-refractivity contribution in [3.05, 3.63) is 5.69 Å². The zero-order chi connectivity index (χ0) is 7.56. The second-order valence-electron chi connectivity index (χ2n) is 1.91. The lowest BCUT2D eigenvalue weighted by molar-refractivity contribution is -0.105. The number of carbonyl (C=O) groups is 1. The zero-order valence-corrected chi connectivity index (χ0v) is 5.83. The lowest BCUT2D eigenvalue weighted by Crippen LogP contribution is -2.02. The van der Waals surface area contributed by atoms with E-state index in [1.807, 2.05) is 0 Å². The van der Waals surface area contributed by atoms with Gasteiger partial charge in [0, 0.05) is 7.05 Å². The Hall–Kier alpha value is -1.39. The van der Waals surface area contributed by atoms with Crippen LogP contribution in [0.5, 0.6) is 0 Å². The molecule has 1 heterocycles. The molecule has 0 aliphatic heterocycles. The summed E-state index contributed by atoms with van der Waals surface area (Å²) in [6.45, 7) is 1.78. The average Bonchev–Trinajstić information content (AvgIpc) is 2.20. The molecule has 0 radical (unpaired) electrons. The van der Waals surface area contributed by atoms with Crippen molar-refractivity contribution >= 4 is 12.2 Å². The average molecular weight is 140 g/mol. The van der Waals surface area contributed by atoms with Gasteiger partial charge >= 0.3 is 0 Å². The fraction of sp³-hybridized carbons (Fsp3) is 0.400. The fourth-order valence-electron chi connectivity index (χ4n) is 0.714. The molecule has 0 aromatic carbocycles. The van der Waals surface area contributed by atoms with E-state index < -0.39 is 0 Å². The van der Waals surface area contributed by atoms with Crippen molar-refractivity contribution in [3.63, 3.8) is 0 Å². The van der Waals surface area contributed by atoms with Crippen molar-refractivity contribution in [2.45, 2.75) is 6.92 Å². The lowest BCUT2D eigenvalue weighted by atomic mass is 10.5. The van der Waals surface area contributed by atoms with E-state index in [0.717, 1.165) is 5.69 Å². The van der Waals surface area contributed by atoms with E-state index in [9.17, 15) is 4.79 Å². The van der Waals surface area contributed by atoms with Crippen LogP contribution in [0.2, 0.25) is 0 Å². The van der Waals surface area contributed by atoms with Gasteiger partial charge in [-0.3, -0.25) is 4.79 Å². The molecule has 1 amide bonds. The summed E-state index contributed by atoms with van der Waals surface area (Å²) in [6, 6.07) is 0. The van der Waals surface area contributed by atoms with Gasteiger partial charge in [0.15, 0.2) is 5.82 Å². The summed E-state index contributed by atoms with van der Waals surface area (Å²) in [5, 5.41) is 9.89. The van der Waals surface area contributed by atoms with E-state index in [-0.39, 0.29) is 0 Å². The van der Waals surface area contributed by atoms with E-state index in [1.54, 1.807) is 14.0 Å². The number of hydrogen-bond acceptors (Lipinski definition) is 3. The zero-order valence-electron chi connectivity index (χ0n) is 5.83. The molecule has 0 saturated carbocycles. The van der Waals surface area contributed by atoms with Crippen LogP contribution >= 0.6 is 0 Å². The van der Waals surface area contributed by atoms with Crippen LogP contribution in [0, 0.1) is 6.92 Å². The number of hydrogen-bond donors (Lipinski definition) is 1. The maximum atomic E-state index is 10.00. The molecule has 0 spiro atoms. The van der Waals surface area contributed by atoms with Gasteiger partial charge < -0.3 is 5.32 Å². The molecule has 1 N–H and O–H groups in total. The molecule has 0 aliphatic rings. The number of aryl methyl sites for hydroxylation is 2. The molecule has 0 fully saturated rings. The van der Waals surface area contributed by atoms with Crippen LogP contribution in [0.4, 0.5) is 5.82 Å². The van der Waals surface area contributed by atoms with E-state index in [4.69, 9.17) is 0 Å². The first kappa shape index (κ1) is 6.73. The summed E-state index contributed by atoms with van der Waals surface area (Å²) in [5.74, 6) is 0.634. The minimum atomic E-state index is 0.603. The topological polar surface area (TPSA) is 59.8 Å². The highest BCUT2D eigenvalue weighted by Crippen LogP contribution is 2.06. The van der Waals surface area contributed by atoms with E-state index >= 15 is 0 Å². The summed E-state index contributed by atoms with van der Waals surface area (Å²) in [4.78, 5) is 10.00. The SMILES string of the molecule is Cc1nnn(C)c1NC=O. The van der Waals surface area contributed by atoms with Crippen molar-refractivity contribution < 1.29 is 4.79 Å². The third kappa shape index (κ3) is 0.975. The predicted molar refractivity (Wildman–Crippen MR) is 35.4 cm³/mol. The van der Waals surface area contributed by atoms with E-state index in [1.165, 1.54) is 4.68 Å². The van der Waals surface area contributed by atoms with Gasteiger partial charge in [-0.15, -0.1) is 5.10 Å². The molecule has 1 aromatic heterocycles. The highest BCUT2D eigenvalue weighted by Gasteiger charge is 2.02. The van der Waals surface area contributed by atoms with Crippen molar-refractivity contribution in [2.24, 2.45) is 7.05 Å². The van der Waals surface area contributed by atoms with Crippen LogP contribution in [0.3, 0.4) is 0 Å². The summed E-state index contributed by atoms with van der Waals surface area (Å²) in [5.41, 5.74) is 0.717. The number of carbonyl (C=O) groups excluding carboxylic acids is 1. The highest BCUT2D eigenvalue weighted by atomic mass is 16.1. The summed E-state index contributed by atoms with van der Waals surface area (Å²) in [7, 11) is 1.71. The van der Waals surface area contributed by atoms with Gasteiger partial charge in [-0.1, -0.05) is 5.21 Å². The Labute approximate surface area is 58.0 Å². The van der Waals surface area contributed by atoms with Crippen LogP contribution in [0.25, 0.3) is 0 Å². The molecule has 1 rings (SSSR count). The van der Waals surface area contributed by atoms with Crippen molar-refractivity contribution in [1.82, 2.24) is 15.0 Å². The number of rotatable bonds is 2. The number of anilines is 1. The summed E-state index contributed by atoms with van der Waals surface area (Å²) >= 11 is 0. The van der Waals surface area contributed by atoms with Crippen LogP contribution in [-0.4, -0.2) is 21.4 Å². The predicted octanol–water partition coefficient (Wildman–Crippen LogP) is -0.308. The largest absolute Gasteiger partial charge is 0.312 e. The monoisotopic (exact) mass is 140 g/mol. The third-order valence-corrected chi connectivity index (χ3v) is 1.19. The summed E-state index contributed by atoms with van der Waals surface area (Å²) in [6.07, 6.45) is 0.603. The third-order valence-electron chi connectivity index (χ3n) is 1.19. The Kier molecular flexibility index (Phi) is 1.66. The molecule has 0 aliphatic carbocycles. The smallest absolute Gasteiger partial charge is 0.212 e. The van der Waals surface area contributed by atoms with E-state index in [2.05, 4.69) is 15.6 Å². The van der Waals surface area contributed by atoms with Gasteiger partial charge in [0.1, 0.15) is 5.69 Å². The summed E-state index contributed by atoms with van der Waals surface area (Å²) < 4.78 is 1.50. The maximum absolute atomic E-state index is 10.00. The molecule has 10 heavy (non-hydrogen) atoms. The first-order chi connectivity index (χ1) is 4.75. The molecule has 54 valence electrons. The quantitative estimate of drug-likeness (QED) is 0.573. The molecule has 1 aromatic rings. The Balaban J connectivity index is 2.97. The van der Waals surface area contributed by atoms with Crippen LogP contribution in [0.1, 0.15) is 5.69 Å². The van der Waals surface area contributed by atoms with Gasteiger partial charge in [0.2, 0.25) is 6.41 Å². The minimum Gasteiger partial charge on any atom is -0.312 e. The molecular weight excluding hydrogens is 132 g/mol. The molecular formula is C5H8N4O. The Bertz CT molecular complexity index is 222. The van der Waals surface area contributed by atoms with Crippen molar-refractivity contribution in [2.75, 3.05) is 5.32 Å². The minimum absolute atomic E-state index is 0.603. The number of amides is 1. The van der Waals surface area contributed by atoms with Crippen LogP contribution in [-0.2, 0) is 11.8 Å². The standard InChI is InChI=1S/C5H8N4O/c1-4-5(6-3-10)9(2)8-7-4/h3H,1-2H3,(H,6,10). The molecule has 0 unspecified atom stereocenters. The second kappa shape index (κ2) is 2.47. The number of nitrogens with zero attached hydrogens (tertiary/aromatic N) is 3. The van der Waals surface area contributed by atoms with Gasteiger partial charge in [-0.25, -0.2) is 4.68 Å². The molecule has 0 saturated heterocycles. The Morgan fingerprint density at radius 1 is 1.70 bits per heavy atom. The van der Waals surface area contributed by atoms with Gasteiger partial charge in [-0.2, -0.15) is 0 Å². The molecule has 5 nitrogen and oxygen atoms in total. The lowest BCUT2D eigenvalue weighted by Gasteiger charge is -1.96. The van der Waals surface area contributed by atoms with E-state index in [0.29, 0.717) is 12.2 Å². The Morgan fingerprint density at radius 2 is 2.40 bits per heavy atom. The van der Waals surface area contributed by atoms with Crippen molar-refractivity contribution in [3.8, 4) is 0 Å². The van der Waals surface area contributed by atoms with Gasteiger partial charge in [-0.05, 0) is 6.92 Å². The van der Waals surface area contributed by atoms with Crippen molar-refractivity contribution in [1.29, 1.82) is 0 Å². The fourth-order valence-corrected chi connectivity index (χ4v) is 0.714. The van der Waals surface area contributed by atoms with Crippen LogP contribution in [0.15, 0.2) is 0 Å². The number of nitrogens with one attached hydrogen (secondary N) is 1. The normalized spacial score (nSPS) is 9.40. The highest BCUT2D eigenvalue weighted by molar-refractivity contribution is 5.69. The number of aromatic nitrogens is 3. The first-order valence-electron chi connectivity index (χ1n) is 2.82. The maximum Gasteiger partial charge on any atom is 0.212 e. The molecule has 5 heteroatoms. The second-order valence-corrected chi connectivity index (χ2v) is 1.91. The Morgan fingerprint density at radius 3 is 2.80 bits per heavy atom. The molecule has 0 bridgehead atoms. The first-order valence-corrected chi connectivity index (χ1v) is 2.82. The molecule has 0 atom stereocenters. The van der Waals surface area contributed by atoms with Gasteiger partial charge in [0.25, 0.3) is 0 Å².